The quantitative estimate of drug-likeness (QED) is 0.353. The molecule has 0 saturated heterocycles. The molecule has 0 aromatic carbocycles. The van der Waals surface area contributed by atoms with Gasteiger partial charge in [0, 0.05) is 0 Å². The standard InChI is InChI=1S/C32H54/c1-19(2)23(9)20(3,4)26(12)25(19,11)29(15)30(26,16)32(18)28(14)22(7,8)24(23,10)21(5,6)27(28,13)31(29,32)17/h1-18H3. The number of rotatable bonds is 0. The van der Waals surface area contributed by atoms with Crippen molar-refractivity contribution in [1.82, 2.24) is 0 Å². The lowest BCUT2D eigenvalue weighted by atomic mass is 8.94. The van der Waals surface area contributed by atoms with Crippen LogP contribution in [0, 0.1) is 75.8 Å². The zero-order chi connectivity index (χ0) is 25.0. The molecule has 0 aromatic rings. The third-order valence-electron chi connectivity index (χ3n) is 21.0. The van der Waals surface area contributed by atoms with Crippen LogP contribution in [0.25, 0.3) is 0 Å². The van der Waals surface area contributed by atoms with E-state index in [2.05, 4.69) is 125 Å². The van der Waals surface area contributed by atoms with Gasteiger partial charge in [0.05, 0.1) is 0 Å². The van der Waals surface area contributed by atoms with Crippen LogP contribution in [-0.2, 0) is 0 Å². The molecule has 7 saturated carbocycles. The largest absolute Gasteiger partial charge is 0.0588 e. The monoisotopic (exact) mass is 438 g/mol. The summed E-state index contributed by atoms with van der Waals surface area (Å²) in [5.41, 5.74) is 3.88. The van der Waals surface area contributed by atoms with Gasteiger partial charge in [0.25, 0.3) is 0 Å². The zero-order valence-electron chi connectivity index (χ0n) is 25.0. The lowest BCUT2D eigenvalue weighted by molar-refractivity contribution is -0.632. The molecule has 0 radical (unpaired) electrons. The second-order valence-electron chi connectivity index (χ2n) is 17.8. The predicted molar refractivity (Wildman–Crippen MR) is 136 cm³/mol. The molecule has 0 spiro atoms. The summed E-state index contributed by atoms with van der Waals surface area (Å²) in [6.07, 6.45) is 0. The Morgan fingerprint density at radius 3 is 0.406 bits per heavy atom. The second kappa shape index (κ2) is 3.95. The van der Waals surface area contributed by atoms with Crippen LogP contribution >= 0.6 is 0 Å². The molecule has 0 amide bonds. The van der Waals surface area contributed by atoms with Crippen molar-refractivity contribution in [3.05, 3.63) is 0 Å². The van der Waals surface area contributed by atoms with Crippen LogP contribution < -0.4 is 0 Å². The van der Waals surface area contributed by atoms with E-state index >= 15 is 0 Å². The molecule has 4 atom stereocenters. The van der Waals surface area contributed by atoms with E-state index in [0.717, 1.165) is 0 Å². The van der Waals surface area contributed by atoms with Crippen molar-refractivity contribution in [2.24, 2.45) is 75.8 Å². The fourth-order valence-corrected chi connectivity index (χ4v) is 18.9. The number of hydrogen-bond donors (Lipinski definition) is 0. The van der Waals surface area contributed by atoms with Gasteiger partial charge in [0.2, 0.25) is 0 Å². The van der Waals surface area contributed by atoms with Crippen LogP contribution in [0.1, 0.15) is 125 Å². The summed E-state index contributed by atoms with van der Waals surface area (Å²) >= 11 is 0. The van der Waals surface area contributed by atoms with Gasteiger partial charge in [-0.25, -0.2) is 0 Å². The van der Waals surface area contributed by atoms with E-state index in [-0.39, 0.29) is 32.5 Å². The molecule has 7 rings (SSSR count). The molecule has 0 aromatic heterocycles. The first-order chi connectivity index (χ1) is 13.8. The highest BCUT2D eigenvalue weighted by Crippen LogP contribution is 3.20. The van der Waals surface area contributed by atoms with Crippen LogP contribution in [-0.4, -0.2) is 0 Å². The fraction of sp³-hybridized carbons (Fsp3) is 1.00. The molecular formula is C32H54. The third-order valence-corrected chi connectivity index (χ3v) is 21.0. The summed E-state index contributed by atoms with van der Waals surface area (Å²) < 4.78 is 0. The van der Waals surface area contributed by atoms with Gasteiger partial charge in [0.1, 0.15) is 0 Å². The van der Waals surface area contributed by atoms with Crippen LogP contribution in [0.4, 0.5) is 0 Å². The van der Waals surface area contributed by atoms with Crippen molar-refractivity contribution in [3.8, 4) is 0 Å². The Balaban J connectivity index is 1.99. The Morgan fingerprint density at radius 1 is 0.156 bits per heavy atom. The predicted octanol–water partition coefficient (Wildman–Crippen LogP) is 9.24. The van der Waals surface area contributed by atoms with E-state index in [1.54, 1.807) is 0 Å². The lowest BCUT2D eigenvalue weighted by Gasteiger charge is -3.09. The third kappa shape index (κ3) is 0.863. The molecule has 6 bridgehead atoms. The second-order valence-corrected chi connectivity index (χ2v) is 17.8. The Kier molecular flexibility index (Phi) is 2.78. The molecule has 0 N–H and O–H groups in total. The SMILES string of the molecule is CC1(C)C2(C)C(C)(C)C3(C)C1(C)C1(C)C3(C)C3(C)C4(C)C(C)(C)C2(C)C(C)(C)C4(C)C13C. The summed E-state index contributed by atoms with van der Waals surface area (Å²) in [7, 11) is 0. The van der Waals surface area contributed by atoms with E-state index < -0.39 is 0 Å². The highest BCUT2D eigenvalue weighted by atomic mass is 15.2. The van der Waals surface area contributed by atoms with Gasteiger partial charge in [-0.05, 0) is 75.8 Å². The first-order valence-electron chi connectivity index (χ1n) is 13.8. The minimum atomic E-state index is 0.203. The van der Waals surface area contributed by atoms with Crippen LogP contribution in [0.3, 0.4) is 0 Å². The van der Waals surface area contributed by atoms with Crippen molar-refractivity contribution < 1.29 is 0 Å². The van der Waals surface area contributed by atoms with Gasteiger partial charge >= 0.3 is 0 Å². The fourth-order valence-electron chi connectivity index (χ4n) is 18.9. The average molecular weight is 439 g/mol. The average Bonchev–Trinajstić information content (AvgIpc) is 2.81. The smallest absolute Gasteiger partial charge is 0.0131 e. The van der Waals surface area contributed by atoms with Crippen LogP contribution in [0.5, 0.6) is 0 Å². The topological polar surface area (TPSA) is 0 Å². The molecule has 7 fully saturated rings. The Hall–Kier alpha value is 0. The van der Waals surface area contributed by atoms with Crippen molar-refractivity contribution >= 4 is 0 Å². The van der Waals surface area contributed by atoms with E-state index in [1.165, 1.54) is 0 Å². The zero-order valence-corrected chi connectivity index (χ0v) is 25.0. The summed E-state index contributed by atoms with van der Waals surface area (Å²) in [5, 5.41) is 0. The highest BCUT2D eigenvalue weighted by Gasteiger charge is 3.17. The molecule has 0 aliphatic heterocycles. The maximum absolute atomic E-state index is 2.79. The number of hydrogen-bond acceptors (Lipinski definition) is 0. The van der Waals surface area contributed by atoms with Gasteiger partial charge in [-0.3, -0.25) is 0 Å². The normalized spacial score (nSPS) is 73.7. The minimum Gasteiger partial charge on any atom is -0.0588 e. The van der Waals surface area contributed by atoms with Gasteiger partial charge in [-0.2, -0.15) is 0 Å². The Morgan fingerprint density at radius 2 is 0.281 bits per heavy atom. The maximum Gasteiger partial charge on any atom is -0.0131 e. The van der Waals surface area contributed by atoms with Gasteiger partial charge in [-0.15, -0.1) is 0 Å². The highest BCUT2D eigenvalue weighted by molar-refractivity contribution is 5.63. The van der Waals surface area contributed by atoms with Crippen molar-refractivity contribution in [2.45, 2.75) is 125 Å². The molecule has 7 aliphatic rings. The van der Waals surface area contributed by atoms with Gasteiger partial charge in [0.15, 0.2) is 0 Å². The summed E-state index contributed by atoms with van der Waals surface area (Å²) in [6, 6.07) is 0. The van der Waals surface area contributed by atoms with E-state index in [1.807, 2.05) is 0 Å². The Labute approximate surface area is 200 Å². The van der Waals surface area contributed by atoms with E-state index in [0.29, 0.717) is 43.3 Å². The molecule has 32 heavy (non-hydrogen) atoms. The van der Waals surface area contributed by atoms with Gasteiger partial charge in [-0.1, -0.05) is 125 Å². The summed E-state index contributed by atoms with van der Waals surface area (Å²) in [5.74, 6) is 0. The van der Waals surface area contributed by atoms with Crippen LogP contribution in [0.15, 0.2) is 0 Å². The molecule has 7 aliphatic carbocycles. The molecule has 0 heterocycles. The van der Waals surface area contributed by atoms with Crippen LogP contribution in [0.2, 0.25) is 0 Å². The summed E-state index contributed by atoms with van der Waals surface area (Å²) in [6.45, 7) is 49.6. The van der Waals surface area contributed by atoms with E-state index in [9.17, 15) is 0 Å². The van der Waals surface area contributed by atoms with Crippen molar-refractivity contribution in [2.75, 3.05) is 0 Å². The van der Waals surface area contributed by atoms with Gasteiger partial charge < -0.3 is 0 Å². The first-order valence-corrected chi connectivity index (χ1v) is 13.8. The molecular weight excluding hydrogens is 384 g/mol. The summed E-state index contributed by atoms with van der Waals surface area (Å²) in [4.78, 5) is 0. The molecule has 0 heteroatoms. The molecule has 182 valence electrons. The Bertz CT molecular complexity index is 878. The first kappa shape index (κ1) is 22.5. The van der Waals surface area contributed by atoms with E-state index in [4.69, 9.17) is 0 Å². The van der Waals surface area contributed by atoms with Crippen molar-refractivity contribution in [3.63, 3.8) is 0 Å². The maximum atomic E-state index is 2.79. The lowest BCUT2D eigenvalue weighted by Crippen LogP contribution is -3.06. The minimum absolute atomic E-state index is 0.203. The van der Waals surface area contributed by atoms with Crippen molar-refractivity contribution in [1.29, 1.82) is 0 Å². The molecule has 0 nitrogen and oxygen atoms in total. The molecule has 4 unspecified atom stereocenters.